The average molecular weight is 336 g/mol. The second kappa shape index (κ2) is 8.26. The lowest BCUT2D eigenvalue weighted by Gasteiger charge is -2.07. The zero-order chi connectivity index (χ0) is 17.5. The van der Waals surface area contributed by atoms with E-state index in [-0.39, 0.29) is 17.0 Å². The molecule has 5 nitrogen and oxygen atoms in total. The molecule has 0 aliphatic carbocycles. The van der Waals surface area contributed by atoms with E-state index in [1.165, 1.54) is 0 Å². The third kappa shape index (κ3) is 4.55. The maximum Gasteiger partial charge on any atom is 0.261 e. The number of hydrogen-bond acceptors (Lipinski definition) is 3. The highest BCUT2D eigenvalue weighted by Crippen LogP contribution is 2.09. The number of carbonyl (C=O) groups excluding carboxylic acids is 1. The van der Waals surface area contributed by atoms with E-state index in [1.807, 2.05) is 54.6 Å². The first-order valence-electron chi connectivity index (χ1n) is 8.26. The molecule has 0 saturated carbocycles. The number of amides is 1. The van der Waals surface area contributed by atoms with Gasteiger partial charge in [-0.25, -0.2) is 0 Å². The first-order chi connectivity index (χ1) is 12.2. The molecule has 5 heteroatoms. The number of hydrogen-bond donors (Lipinski definition) is 2. The lowest BCUT2D eigenvalue weighted by molar-refractivity contribution is 0.0933. The van der Waals surface area contributed by atoms with Gasteiger partial charge < -0.3 is 15.0 Å². The molecule has 0 spiro atoms. The number of benzene rings is 2. The summed E-state index contributed by atoms with van der Waals surface area (Å²) in [6.45, 7) is 1.56. The van der Waals surface area contributed by atoms with Crippen LogP contribution < -0.4 is 10.9 Å². The molecule has 2 aromatic carbocycles. The molecule has 0 saturated heterocycles. The summed E-state index contributed by atoms with van der Waals surface area (Å²) >= 11 is 0. The van der Waals surface area contributed by atoms with Crippen molar-refractivity contribution in [3.8, 4) is 0 Å². The second-order valence-electron chi connectivity index (χ2n) is 5.75. The predicted molar refractivity (Wildman–Crippen MR) is 97.6 cm³/mol. The van der Waals surface area contributed by atoms with Crippen LogP contribution in [0.3, 0.4) is 0 Å². The van der Waals surface area contributed by atoms with Crippen molar-refractivity contribution < 1.29 is 9.53 Å². The molecule has 0 aliphatic rings. The van der Waals surface area contributed by atoms with Crippen LogP contribution in [0.25, 0.3) is 10.9 Å². The molecule has 0 aliphatic heterocycles. The van der Waals surface area contributed by atoms with Crippen LogP contribution in [-0.4, -0.2) is 24.0 Å². The van der Waals surface area contributed by atoms with Gasteiger partial charge in [0.2, 0.25) is 0 Å². The highest BCUT2D eigenvalue weighted by molar-refractivity contribution is 5.97. The molecule has 1 heterocycles. The van der Waals surface area contributed by atoms with Crippen LogP contribution >= 0.6 is 0 Å². The maximum absolute atomic E-state index is 12.2. The largest absolute Gasteiger partial charge is 0.377 e. The number of aromatic amines is 1. The summed E-state index contributed by atoms with van der Waals surface area (Å²) < 4.78 is 5.57. The Kier molecular flexibility index (Phi) is 5.59. The lowest BCUT2D eigenvalue weighted by Crippen LogP contribution is -2.30. The average Bonchev–Trinajstić information content (AvgIpc) is 2.64. The van der Waals surface area contributed by atoms with Gasteiger partial charge in [0.05, 0.1) is 6.61 Å². The van der Waals surface area contributed by atoms with Crippen LogP contribution in [0.15, 0.2) is 65.5 Å². The molecular formula is C20H20N2O3. The number of pyridine rings is 1. The molecule has 0 atom stereocenters. The molecule has 2 N–H and O–H groups in total. The molecule has 25 heavy (non-hydrogen) atoms. The van der Waals surface area contributed by atoms with Crippen molar-refractivity contribution in [3.05, 3.63) is 82.1 Å². The van der Waals surface area contributed by atoms with Crippen molar-refractivity contribution in [1.82, 2.24) is 10.3 Å². The number of aromatic nitrogens is 1. The first kappa shape index (κ1) is 16.9. The minimum atomic E-state index is -0.378. The summed E-state index contributed by atoms with van der Waals surface area (Å²) in [5.41, 5.74) is 1.59. The fraction of sp³-hybridized carbons (Fsp3) is 0.200. The highest BCUT2D eigenvalue weighted by Gasteiger charge is 2.11. The highest BCUT2D eigenvalue weighted by atomic mass is 16.5. The molecule has 1 amide bonds. The number of carbonyl (C=O) groups is 1. The fourth-order valence-corrected chi connectivity index (χ4v) is 2.55. The predicted octanol–water partition coefficient (Wildman–Crippen LogP) is 2.86. The van der Waals surface area contributed by atoms with E-state index >= 15 is 0 Å². The van der Waals surface area contributed by atoms with Gasteiger partial charge in [-0.2, -0.15) is 0 Å². The molecule has 0 radical (unpaired) electrons. The summed E-state index contributed by atoms with van der Waals surface area (Å²) in [5.74, 6) is -0.366. The Labute approximate surface area is 145 Å². The van der Waals surface area contributed by atoms with E-state index in [9.17, 15) is 9.59 Å². The van der Waals surface area contributed by atoms with Crippen LogP contribution in [0.4, 0.5) is 0 Å². The van der Waals surface area contributed by atoms with Gasteiger partial charge in [-0.1, -0.05) is 48.5 Å². The quantitative estimate of drug-likeness (QED) is 0.652. The monoisotopic (exact) mass is 336 g/mol. The molecule has 0 fully saturated rings. The SMILES string of the molecule is O=C(NCCCOCc1ccccc1)c1cc2ccccc2[nH]c1=O. The van der Waals surface area contributed by atoms with Crippen molar-refractivity contribution >= 4 is 16.8 Å². The molecule has 0 unspecified atom stereocenters. The first-order valence-corrected chi connectivity index (χ1v) is 8.26. The van der Waals surface area contributed by atoms with Gasteiger partial charge in [0.25, 0.3) is 11.5 Å². The van der Waals surface area contributed by atoms with Crippen LogP contribution in [0.2, 0.25) is 0 Å². The van der Waals surface area contributed by atoms with Crippen LogP contribution in [0.5, 0.6) is 0 Å². The minimum Gasteiger partial charge on any atom is -0.377 e. The van der Waals surface area contributed by atoms with Crippen molar-refractivity contribution in [2.24, 2.45) is 0 Å². The second-order valence-corrected chi connectivity index (χ2v) is 5.75. The van der Waals surface area contributed by atoms with Gasteiger partial charge in [-0.15, -0.1) is 0 Å². The standard InChI is InChI=1S/C20H20N2O3/c23-19(17-13-16-9-4-5-10-18(16)22-20(17)24)21-11-6-12-25-14-15-7-2-1-3-8-15/h1-5,7-10,13H,6,11-12,14H2,(H,21,23)(H,22,24). The Balaban J connectivity index is 1.46. The molecule has 3 rings (SSSR count). The maximum atomic E-state index is 12.2. The van der Waals surface area contributed by atoms with Gasteiger partial charge in [-0.05, 0) is 29.5 Å². The van der Waals surface area contributed by atoms with Crippen molar-refractivity contribution in [2.45, 2.75) is 13.0 Å². The molecule has 3 aromatic rings. The number of para-hydroxylation sites is 1. The van der Waals surface area contributed by atoms with Gasteiger partial charge in [-0.3, -0.25) is 9.59 Å². The zero-order valence-corrected chi connectivity index (χ0v) is 13.8. The third-order valence-electron chi connectivity index (χ3n) is 3.86. The Hall–Kier alpha value is -2.92. The zero-order valence-electron chi connectivity index (χ0n) is 13.8. The van der Waals surface area contributed by atoms with E-state index in [4.69, 9.17) is 4.74 Å². The van der Waals surface area contributed by atoms with E-state index < -0.39 is 0 Å². The fourth-order valence-electron chi connectivity index (χ4n) is 2.55. The van der Waals surface area contributed by atoms with Crippen molar-refractivity contribution in [1.29, 1.82) is 0 Å². The molecule has 1 aromatic heterocycles. The third-order valence-corrected chi connectivity index (χ3v) is 3.86. The van der Waals surface area contributed by atoms with Crippen LogP contribution in [-0.2, 0) is 11.3 Å². The molecule has 128 valence electrons. The van der Waals surface area contributed by atoms with E-state index in [2.05, 4.69) is 10.3 Å². The van der Waals surface area contributed by atoms with Gasteiger partial charge in [0.15, 0.2) is 0 Å². The van der Waals surface area contributed by atoms with Gasteiger partial charge in [0, 0.05) is 18.7 Å². The topological polar surface area (TPSA) is 71.2 Å². The summed E-state index contributed by atoms with van der Waals surface area (Å²) in [6.07, 6.45) is 0.685. The van der Waals surface area contributed by atoms with Crippen molar-refractivity contribution in [3.63, 3.8) is 0 Å². The number of fused-ring (bicyclic) bond motifs is 1. The van der Waals surface area contributed by atoms with Crippen LogP contribution in [0.1, 0.15) is 22.3 Å². The molecular weight excluding hydrogens is 316 g/mol. The number of nitrogens with one attached hydrogen (secondary N) is 2. The number of rotatable bonds is 7. The number of H-pyrrole nitrogens is 1. The summed E-state index contributed by atoms with van der Waals surface area (Å²) in [4.78, 5) is 26.9. The lowest BCUT2D eigenvalue weighted by atomic mass is 10.1. The normalized spacial score (nSPS) is 10.7. The summed E-state index contributed by atoms with van der Waals surface area (Å²) in [6, 6.07) is 18.9. The van der Waals surface area contributed by atoms with E-state index in [0.717, 1.165) is 16.5 Å². The summed E-state index contributed by atoms with van der Waals surface area (Å²) in [5, 5.41) is 3.60. The Morgan fingerprint density at radius 2 is 1.80 bits per heavy atom. The van der Waals surface area contributed by atoms with Gasteiger partial charge in [0.1, 0.15) is 5.56 Å². The minimum absolute atomic E-state index is 0.129. The number of ether oxygens (including phenoxy) is 1. The Bertz CT molecular complexity index is 903. The molecule has 0 bridgehead atoms. The van der Waals surface area contributed by atoms with Gasteiger partial charge >= 0.3 is 0 Å². The summed E-state index contributed by atoms with van der Waals surface area (Å²) in [7, 11) is 0. The smallest absolute Gasteiger partial charge is 0.261 e. The van der Waals surface area contributed by atoms with E-state index in [1.54, 1.807) is 6.07 Å². The Morgan fingerprint density at radius 3 is 2.64 bits per heavy atom. The van der Waals surface area contributed by atoms with Crippen LogP contribution in [0, 0.1) is 0 Å². The van der Waals surface area contributed by atoms with E-state index in [0.29, 0.717) is 26.2 Å². The Morgan fingerprint density at radius 1 is 1.04 bits per heavy atom. The van der Waals surface area contributed by atoms with Crippen molar-refractivity contribution in [2.75, 3.05) is 13.2 Å².